The van der Waals surface area contributed by atoms with Crippen LogP contribution in [0.15, 0.2) is 22.7 Å². The first-order valence-corrected chi connectivity index (χ1v) is 7.70. The molecule has 1 unspecified atom stereocenters. The molecule has 0 saturated carbocycles. The van der Waals surface area contributed by atoms with Gasteiger partial charge in [-0.05, 0) is 39.0 Å². The van der Waals surface area contributed by atoms with Crippen LogP contribution in [0, 0.1) is 0 Å². The summed E-state index contributed by atoms with van der Waals surface area (Å²) < 4.78 is 2.82. The van der Waals surface area contributed by atoms with Gasteiger partial charge >= 0.3 is 0 Å². The Labute approximate surface area is 131 Å². The monoisotopic (exact) mass is 357 g/mol. The van der Waals surface area contributed by atoms with Crippen molar-refractivity contribution in [3.05, 3.63) is 28.5 Å². The van der Waals surface area contributed by atoms with Crippen LogP contribution in [-0.4, -0.2) is 21.5 Å². The molecular formula is C14H17BrClN3O. The second kappa shape index (κ2) is 6.14. The van der Waals surface area contributed by atoms with E-state index >= 15 is 0 Å². The molecule has 1 aromatic carbocycles. The van der Waals surface area contributed by atoms with Crippen LogP contribution in [0.1, 0.15) is 32.0 Å². The van der Waals surface area contributed by atoms with Crippen molar-refractivity contribution >= 4 is 44.5 Å². The number of carbonyl (C=O) groups is 1. The molecule has 0 aliphatic carbocycles. The fraction of sp³-hybridized carbons (Fsp3) is 0.429. The molecule has 1 N–H and O–H groups in total. The molecule has 0 radical (unpaired) electrons. The standard InChI is InChI=1S/C14H17BrClN3O/c1-8(2)17-13(20)7-19-12-6-10(15)4-5-11(12)18-14(19)9(3)16/h4-6,8-9H,7H2,1-3H3,(H,17,20). The Morgan fingerprint density at radius 1 is 1.45 bits per heavy atom. The molecule has 0 fully saturated rings. The van der Waals surface area contributed by atoms with Crippen molar-refractivity contribution in [1.29, 1.82) is 0 Å². The van der Waals surface area contributed by atoms with E-state index in [0.29, 0.717) is 5.82 Å². The third kappa shape index (κ3) is 3.33. The number of benzene rings is 1. The Balaban J connectivity index is 2.45. The van der Waals surface area contributed by atoms with E-state index in [1.54, 1.807) is 0 Å². The van der Waals surface area contributed by atoms with Crippen molar-refractivity contribution in [3.8, 4) is 0 Å². The Morgan fingerprint density at radius 3 is 2.75 bits per heavy atom. The Bertz CT molecular complexity index is 637. The molecule has 1 heterocycles. The summed E-state index contributed by atoms with van der Waals surface area (Å²) in [6.07, 6.45) is 0. The minimum Gasteiger partial charge on any atom is -0.352 e. The van der Waals surface area contributed by atoms with Gasteiger partial charge in [0.2, 0.25) is 5.91 Å². The summed E-state index contributed by atoms with van der Waals surface area (Å²) in [5.74, 6) is 0.663. The highest BCUT2D eigenvalue weighted by atomic mass is 79.9. The van der Waals surface area contributed by atoms with Crippen LogP contribution in [0.25, 0.3) is 11.0 Å². The molecule has 0 aliphatic rings. The first kappa shape index (κ1) is 15.3. The number of carbonyl (C=O) groups excluding carboxylic acids is 1. The van der Waals surface area contributed by atoms with Crippen LogP contribution in [0.4, 0.5) is 0 Å². The third-order valence-electron chi connectivity index (χ3n) is 2.85. The molecule has 0 spiro atoms. The molecule has 2 aromatic rings. The normalized spacial score (nSPS) is 12.9. The highest BCUT2D eigenvalue weighted by molar-refractivity contribution is 9.10. The number of alkyl halides is 1. The second-order valence-electron chi connectivity index (χ2n) is 5.03. The summed E-state index contributed by atoms with van der Waals surface area (Å²) in [5, 5.41) is 2.63. The molecule has 20 heavy (non-hydrogen) atoms. The van der Waals surface area contributed by atoms with E-state index in [-0.39, 0.29) is 23.9 Å². The Kier molecular flexibility index (Phi) is 4.70. The topological polar surface area (TPSA) is 46.9 Å². The molecular weight excluding hydrogens is 342 g/mol. The van der Waals surface area contributed by atoms with Crippen molar-refractivity contribution in [2.24, 2.45) is 0 Å². The fourth-order valence-corrected chi connectivity index (χ4v) is 2.61. The van der Waals surface area contributed by atoms with Gasteiger partial charge in [0.25, 0.3) is 0 Å². The molecule has 6 heteroatoms. The van der Waals surface area contributed by atoms with Crippen LogP contribution in [0.2, 0.25) is 0 Å². The number of hydrogen-bond donors (Lipinski definition) is 1. The summed E-state index contributed by atoms with van der Waals surface area (Å²) in [6.45, 7) is 5.95. The number of nitrogens with zero attached hydrogens (tertiary/aromatic N) is 2. The number of rotatable bonds is 4. The lowest BCUT2D eigenvalue weighted by molar-refractivity contribution is -0.122. The lowest BCUT2D eigenvalue weighted by Crippen LogP contribution is -2.33. The number of imidazole rings is 1. The first-order valence-electron chi connectivity index (χ1n) is 6.47. The highest BCUT2D eigenvalue weighted by Gasteiger charge is 2.17. The van der Waals surface area contributed by atoms with E-state index in [1.165, 1.54) is 0 Å². The predicted molar refractivity (Wildman–Crippen MR) is 85.0 cm³/mol. The molecule has 1 aromatic heterocycles. The SMILES string of the molecule is CC(C)NC(=O)Cn1c(C(C)Cl)nc2ccc(Br)cc21. The lowest BCUT2D eigenvalue weighted by Gasteiger charge is -2.12. The number of fused-ring (bicyclic) bond motifs is 1. The van der Waals surface area contributed by atoms with Crippen molar-refractivity contribution in [1.82, 2.24) is 14.9 Å². The van der Waals surface area contributed by atoms with Crippen molar-refractivity contribution < 1.29 is 4.79 Å². The van der Waals surface area contributed by atoms with Gasteiger partial charge in [0.05, 0.1) is 16.4 Å². The van der Waals surface area contributed by atoms with Crippen LogP contribution in [0.3, 0.4) is 0 Å². The van der Waals surface area contributed by atoms with Crippen molar-refractivity contribution in [2.75, 3.05) is 0 Å². The summed E-state index contributed by atoms with van der Waals surface area (Å²) in [5.41, 5.74) is 1.74. The van der Waals surface area contributed by atoms with E-state index in [4.69, 9.17) is 11.6 Å². The molecule has 1 atom stereocenters. The van der Waals surface area contributed by atoms with Gasteiger partial charge in [0.15, 0.2) is 0 Å². The summed E-state index contributed by atoms with van der Waals surface area (Å²) in [6, 6.07) is 5.91. The van der Waals surface area contributed by atoms with Gasteiger partial charge in [0, 0.05) is 10.5 Å². The number of hydrogen-bond acceptors (Lipinski definition) is 2. The van der Waals surface area contributed by atoms with Gasteiger partial charge in [-0.1, -0.05) is 15.9 Å². The fourth-order valence-electron chi connectivity index (χ4n) is 2.10. The van der Waals surface area contributed by atoms with Crippen molar-refractivity contribution in [3.63, 3.8) is 0 Å². The van der Waals surface area contributed by atoms with Crippen LogP contribution in [-0.2, 0) is 11.3 Å². The van der Waals surface area contributed by atoms with Gasteiger partial charge in [-0.2, -0.15) is 0 Å². The maximum absolute atomic E-state index is 12.0. The maximum Gasteiger partial charge on any atom is 0.240 e. The highest BCUT2D eigenvalue weighted by Crippen LogP contribution is 2.26. The zero-order valence-corrected chi connectivity index (χ0v) is 14.0. The first-order chi connectivity index (χ1) is 9.38. The van der Waals surface area contributed by atoms with E-state index in [9.17, 15) is 4.79 Å². The minimum atomic E-state index is -0.256. The zero-order chi connectivity index (χ0) is 14.9. The van der Waals surface area contributed by atoms with Crippen molar-refractivity contribution in [2.45, 2.75) is 38.7 Å². The predicted octanol–water partition coefficient (Wildman–Crippen LogP) is 3.62. The quantitative estimate of drug-likeness (QED) is 0.849. The van der Waals surface area contributed by atoms with Gasteiger partial charge in [-0.3, -0.25) is 4.79 Å². The number of nitrogens with one attached hydrogen (secondary N) is 1. The van der Waals surface area contributed by atoms with E-state index in [0.717, 1.165) is 15.5 Å². The van der Waals surface area contributed by atoms with Crippen LogP contribution >= 0.6 is 27.5 Å². The smallest absolute Gasteiger partial charge is 0.240 e. The van der Waals surface area contributed by atoms with Gasteiger partial charge in [-0.25, -0.2) is 4.98 Å². The van der Waals surface area contributed by atoms with Gasteiger partial charge < -0.3 is 9.88 Å². The number of amides is 1. The molecule has 108 valence electrons. The average Bonchev–Trinajstić information content (AvgIpc) is 2.67. The van der Waals surface area contributed by atoms with Gasteiger partial charge in [0.1, 0.15) is 12.4 Å². The Hall–Kier alpha value is -1.07. The van der Waals surface area contributed by atoms with E-state index in [1.807, 2.05) is 43.5 Å². The molecule has 0 aliphatic heterocycles. The summed E-state index contributed by atoms with van der Waals surface area (Å²) in [7, 11) is 0. The molecule has 0 bridgehead atoms. The Morgan fingerprint density at radius 2 is 2.15 bits per heavy atom. The summed E-state index contributed by atoms with van der Waals surface area (Å²) in [4.78, 5) is 16.5. The lowest BCUT2D eigenvalue weighted by atomic mass is 10.3. The molecule has 2 rings (SSSR count). The van der Waals surface area contributed by atoms with Crippen LogP contribution in [0.5, 0.6) is 0 Å². The van der Waals surface area contributed by atoms with E-state index in [2.05, 4.69) is 26.2 Å². The molecule has 1 amide bonds. The zero-order valence-electron chi connectivity index (χ0n) is 11.7. The third-order valence-corrected chi connectivity index (χ3v) is 3.54. The molecule has 0 saturated heterocycles. The van der Waals surface area contributed by atoms with Crippen LogP contribution < -0.4 is 5.32 Å². The largest absolute Gasteiger partial charge is 0.352 e. The van der Waals surface area contributed by atoms with E-state index < -0.39 is 0 Å². The number of aromatic nitrogens is 2. The summed E-state index contributed by atoms with van der Waals surface area (Å²) >= 11 is 9.63. The van der Waals surface area contributed by atoms with Gasteiger partial charge in [-0.15, -0.1) is 11.6 Å². The minimum absolute atomic E-state index is 0.0437. The maximum atomic E-state index is 12.0. The second-order valence-corrected chi connectivity index (χ2v) is 6.60. The average molecular weight is 359 g/mol. The number of halogens is 2. The molecule has 4 nitrogen and oxygen atoms in total.